The summed E-state index contributed by atoms with van der Waals surface area (Å²) >= 11 is 0. The van der Waals surface area contributed by atoms with Gasteiger partial charge in [0, 0.05) is 0 Å². The molecule has 0 spiro atoms. The van der Waals surface area contributed by atoms with E-state index in [9.17, 15) is 5.11 Å². The molecule has 0 fully saturated rings. The predicted octanol–water partition coefficient (Wildman–Crippen LogP) is 3.17. The molecule has 0 aliphatic carbocycles. The molecule has 2 atom stereocenters. The first-order chi connectivity index (χ1) is 9.75. The van der Waals surface area contributed by atoms with Crippen LogP contribution in [0.4, 0.5) is 0 Å². The molecular formula is C18H21NO. The van der Waals surface area contributed by atoms with Gasteiger partial charge in [-0.25, -0.2) is 0 Å². The van der Waals surface area contributed by atoms with Crippen molar-refractivity contribution in [3.05, 3.63) is 71.3 Å². The van der Waals surface area contributed by atoms with Crippen molar-refractivity contribution in [1.29, 1.82) is 0 Å². The number of hydrogen-bond acceptors (Lipinski definition) is 2. The van der Waals surface area contributed by atoms with Gasteiger partial charge in [-0.15, -0.1) is 0 Å². The number of benzene rings is 2. The lowest BCUT2D eigenvalue weighted by atomic mass is 9.77. The zero-order valence-electron chi connectivity index (χ0n) is 11.8. The van der Waals surface area contributed by atoms with Crippen LogP contribution in [0.1, 0.15) is 36.1 Å². The van der Waals surface area contributed by atoms with Crippen LogP contribution >= 0.6 is 0 Å². The highest BCUT2D eigenvalue weighted by Gasteiger charge is 2.39. The molecule has 0 saturated carbocycles. The van der Waals surface area contributed by atoms with Gasteiger partial charge >= 0.3 is 0 Å². The van der Waals surface area contributed by atoms with Crippen LogP contribution in [0.3, 0.4) is 0 Å². The van der Waals surface area contributed by atoms with E-state index in [4.69, 9.17) is 0 Å². The largest absolute Gasteiger partial charge is 0.383 e. The minimum Gasteiger partial charge on any atom is -0.383 e. The molecule has 104 valence electrons. The summed E-state index contributed by atoms with van der Waals surface area (Å²) in [5.41, 5.74) is 2.69. The lowest BCUT2D eigenvalue weighted by Crippen LogP contribution is -2.44. The Labute approximate surface area is 120 Å². The predicted molar refractivity (Wildman–Crippen MR) is 81.5 cm³/mol. The van der Waals surface area contributed by atoms with E-state index in [1.807, 2.05) is 37.3 Å². The van der Waals surface area contributed by atoms with Gasteiger partial charge in [0.2, 0.25) is 0 Å². The molecule has 2 aromatic rings. The fraction of sp³-hybridized carbons (Fsp3) is 0.333. The second-order valence-corrected chi connectivity index (χ2v) is 5.48. The molecule has 0 radical (unpaired) electrons. The summed E-state index contributed by atoms with van der Waals surface area (Å²) in [5.74, 6) is 0. The average Bonchev–Trinajstić information content (AvgIpc) is 2.54. The van der Waals surface area contributed by atoms with Gasteiger partial charge in [-0.2, -0.15) is 0 Å². The van der Waals surface area contributed by atoms with Crippen molar-refractivity contribution in [2.45, 2.75) is 31.4 Å². The Balaban J connectivity index is 2.07. The summed E-state index contributed by atoms with van der Waals surface area (Å²) in [4.78, 5) is 0. The van der Waals surface area contributed by atoms with E-state index >= 15 is 0 Å². The second-order valence-electron chi connectivity index (χ2n) is 5.48. The first kappa shape index (κ1) is 13.3. The van der Waals surface area contributed by atoms with Crippen LogP contribution < -0.4 is 5.32 Å². The van der Waals surface area contributed by atoms with Crippen molar-refractivity contribution in [3.8, 4) is 0 Å². The minimum absolute atomic E-state index is 0.0418. The van der Waals surface area contributed by atoms with Gasteiger partial charge in [0.15, 0.2) is 0 Å². The lowest BCUT2D eigenvalue weighted by molar-refractivity contribution is -0.0107. The third-order valence-corrected chi connectivity index (χ3v) is 4.40. The molecule has 20 heavy (non-hydrogen) atoms. The van der Waals surface area contributed by atoms with E-state index in [0.717, 1.165) is 18.5 Å². The molecule has 2 nitrogen and oxygen atoms in total. The molecule has 2 unspecified atom stereocenters. The molecule has 3 rings (SSSR count). The van der Waals surface area contributed by atoms with Crippen LogP contribution in [-0.2, 0) is 12.0 Å². The normalized spacial score (nSPS) is 21.0. The van der Waals surface area contributed by atoms with Gasteiger partial charge in [0.1, 0.15) is 5.60 Å². The van der Waals surface area contributed by atoms with Gasteiger partial charge in [-0.1, -0.05) is 61.5 Å². The van der Waals surface area contributed by atoms with Crippen LogP contribution in [0.5, 0.6) is 0 Å². The van der Waals surface area contributed by atoms with Gasteiger partial charge < -0.3 is 10.4 Å². The van der Waals surface area contributed by atoms with Crippen LogP contribution in [0.25, 0.3) is 0 Å². The van der Waals surface area contributed by atoms with Crippen molar-refractivity contribution >= 4 is 0 Å². The summed E-state index contributed by atoms with van der Waals surface area (Å²) in [6, 6.07) is 18.4. The summed E-state index contributed by atoms with van der Waals surface area (Å²) in [6.07, 6.45) is 1.71. The van der Waals surface area contributed by atoms with Gasteiger partial charge in [0.05, 0.1) is 6.04 Å². The smallest absolute Gasteiger partial charge is 0.109 e. The van der Waals surface area contributed by atoms with Crippen LogP contribution in [0.15, 0.2) is 54.6 Å². The van der Waals surface area contributed by atoms with Crippen molar-refractivity contribution in [3.63, 3.8) is 0 Å². The highest BCUT2D eigenvalue weighted by Crippen LogP contribution is 2.40. The minimum atomic E-state index is -0.863. The maximum atomic E-state index is 11.3. The first-order valence-corrected chi connectivity index (χ1v) is 7.35. The zero-order chi connectivity index (χ0) is 14.0. The van der Waals surface area contributed by atoms with Crippen LogP contribution in [-0.4, -0.2) is 11.7 Å². The molecular weight excluding hydrogens is 246 g/mol. The monoisotopic (exact) mass is 267 g/mol. The summed E-state index contributed by atoms with van der Waals surface area (Å²) < 4.78 is 0. The SMILES string of the molecule is CCC(O)(c1ccccc1)C1NCCc2ccccc21. The number of hydrogen-bond donors (Lipinski definition) is 2. The maximum absolute atomic E-state index is 11.3. The van der Waals surface area contributed by atoms with Crippen molar-refractivity contribution in [1.82, 2.24) is 5.32 Å². The maximum Gasteiger partial charge on any atom is 0.109 e. The highest BCUT2D eigenvalue weighted by molar-refractivity contribution is 5.37. The van der Waals surface area contributed by atoms with E-state index < -0.39 is 5.60 Å². The Morgan fingerprint density at radius 3 is 2.55 bits per heavy atom. The van der Waals surface area contributed by atoms with Crippen LogP contribution in [0.2, 0.25) is 0 Å². The van der Waals surface area contributed by atoms with Gasteiger partial charge in [-0.05, 0) is 36.1 Å². The summed E-state index contributed by atoms with van der Waals surface area (Å²) in [5, 5.41) is 14.8. The quantitative estimate of drug-likeness (QED) is 0.895. The number of fused-ring (bicyclic) bond motifs is 1. The third kappa shape index (κ3) is 2.15. The Bertz CT molecular complexity index is 581. The lowest BCUT2D eigenvalue weighted by Gasteiger charge is -2.40. The molecule has 0 amide bonds. The topological polar surface area (TPSA) is 32.3 Å². The van der Waals surface area contributed by atoms with E-state index in [0.29, 0.717) is 6.42 Å². The molecule has 1 aliphatic rings. The van der Waals surface area contributed by atoms with Gasteiger partial charge in [0.25, 0.3) is 0 Å². The molecule has 1 aliphatic heterocycles. The number of aliphatic hydroxyl groups is 1. The van der Waals surface area contributed by atoms with Crippen LogP contribution in [0, 0.1) is 0 Å². The molecule has 2 aromatic carbocycles. The Morgan fingerprint density at radius 1 is 1.10 bits per heavy atom. The van der Waals surface area contributed by atoms with E-state index in [-0.39, 0.29) is 6.04 Å². The fourth-order valence-corrected chi connectivity index (χ4v) is 3.23. The summed E-state index contributed by atoms with van der Waals surface area (Å²) in [6.45, 7) is 2.96. The van der Waals surface area contributed by atoms with Crippen molar-refractivity contribution in [2.75, 3.05) is 6.54 Å². The summed E-state index contributed by atoms with van der Waals surface area (Å²) in [7, 11) is 0. The Hall–Kier alpha value is -1.64. The fourth-order valence-electron chi connectivity index (χ4n) is 3.23. The molecule has 1 heterocycles. The molecule has 2 heteroatoms. The zero-order valence-corrected chi connectivity index (χ0v) is 11.8. The number of rotatable bonds is 3. The first-order valence-electron chi connectivity index (χ1n) is 7.35. The highest BCUT2D eigenvalue weighted by atomic mass is 16.3. The van der Waals surface area contributed by atoms with Crippen molar-refractivity contribution < 1.29 is 5.11 Å². The van der Waals surface area contributed by atoms with E-state index in [1.54, 1.807) is 0 Å². The average molecular weight is 267 g/mol. The Kier molecular flexibility index (Phi) is 3.60. The molecule has 0 aromatic heterocycles. The third-order valence-electron chi connectivity index (χ3n) is 4.40. The van der Waals surface area contributed by atoms with Crippen molar-refractivity contribution in [2.24, 2.45) is 0 Å². The van der Waals surface area contributed by atoms with E-state index in [1.165, 1.54) is 11.1 Å². The molecule has 0 bridgehead atoms. The number of nitrogens with one attached hydrogen (secondary N) is 1. The van der Waals surface area contributed by atoms with Gasteiger partial charge in [-0.3, -0.25) is 0 Å². The Morgan fingerprint density at radius 2 is 1.80 bits per heavy atom. The van der Waals surface area contributed by atoms with E-state index in [2.05, 4.69) is 29.6 Å². The molecule has 0 saturated heterocycles. The standard InChI is InChI=1S/C18H21NO/c1-2-18(20,15-9-4-3-5-10-15)17-16-11-7-6-8-14(16)12-13-19-17/h3-11,17,19-20H,2,12-13H2,1H3. The molecule has 2 N–H and O–H groups in total. The second kappa shape index (κ2) is 5.39.